The number of hydrogen-bond donors (Lipinski definition) is 2. The van der Waals surface area contributed by atoms with Gasteiger partial charge in [-0.1, -0.05) is 19.8 Å². The van der Waals surface area contributed by atoms with E-state index in [1.54, 1.807) is 0 Å². The number of nitrogens with two attached hydrogens (primary N) is 1. The van der Waals surface area contributed by atoms with Crippen LogP contribution in [-0.4, -0.2) is 17.3 Å². The maximum atomic E-state index is 11.5. The molecule has 0 saturated heterocycles. The highest BCUT2D eigenvalue weighted by molar-refractivity contribution is 6.04. The second-order valence-corrected chi connectivity index (χ2v) is 6.20. The normalized spacial score (nSPS) is 18.7. The fraction of sp³-hybridized carbons (Fsp3) is 0.733. The van der Waals surface area contributed by atoms with Crippen LogP contribution in [0.15, 0.2) is 16.8 Å². The van der Waals surface area contributed by atoms with Gasteiger partial charge in [0, 0.05) is 12.1 Å². The van der Waals surface area contributed by atoms with E-state index in [0.717, 1.165) is 18.5 Å². The van der Waals surface area contributed by atoms with Crippen LogP contribution >= 0.6 is 0 Å². The van der Waals surface area contributed by atoms with Crippen LogP contribution in [-0.2, 0) is 4.79 Å². The van der Waals surface area contributed by atoms with Crippen molar-refractivity contribution in [1.82, 2.24) is 5.32 Å². The molecule has 0 spiro atoms. The number of aliphatic imine (C=N–C) groups is 1. The van der Waals surface area contributed by atoms with E-state index in [9.17, 15) is 4.79 Å². The first-order chi connectivity index (χ1) is 8.81. The number of allylic oxidation sites excluding steroid dienone is 1. The molecule has 0 atom stereocenters. The number of amidine groups is 1. The molecule has 0 aromatic rings. The van der Waals surface area contributed by atoms with Crippen molar-refractivity contribution in [3.8, 4) is 0 Å². The predicted molar refractivity (Wildman–Crippen MR) is 79.9 cm³/mol. The van der Waals surface area contributed by atoms with E-state index in [-0.39, 0.29) is 11.4 Å². The van der Waals surface area contributed by atoms with E-state index in [0.29, 0.717) is 18.2 Å². The topological polar surface area (TPSA) is 67.5 Å². The zero-order chi connectivity index (χ0) is 14.5. The summed E-state index contributed by atoms with van der Waals surface area (Å²) in [5.74, 6) is 1.01. The molecule has 0 aromatic heterocycles. The van der Waals surface area contributed by atoms with Crippen molar-refractivity contribution in [3.63, 3.8) is 0 Å². The van der Waals surface area contributed by atoms with Crippen molar-refractivity contribution in [2.24, 2.45) is 16.6 Å². The van der Waals surface area contributed by atoms with Crippen molar-refractivity contribution >= 4 is 11.7 Å². The molecule has 1 fully saturated rings. The summed E-state index contributed by atoms with van der Waals surface area (Å²) in [7, 11) is 0. The first-order valence-corrected chi connectivity index (χ1v) is 7.18. The largest absolute Gasteiger partial charge is 0.402 e. The lowest BCUT2D eigenvalue weighted by Crippen LogP contribution is -2.32. The van der Waals surface area contributed by atoms with Crippen molar-refractivity contribution in [2.75, 3.05) is 0 Å². The standard InChI is InChI=1S/C15H27N3O/c1-5-14(19)17-13(18-15(2,3)4)10-12(16)11-8-6-7-9-11/h10-11H,5-9,16H2,1-4H3,(H,17,18,19)/b12-10-. The van der Waals surface area contributed by atoms with Crippen LogP contribution in [0, 0.1) is 5.92 Å². The molecule has 1 saturated carbocycles. The van der Waals surface area contributed by atoms with Gasteiger partial charge in [-0.2, -0.15) is 0 Å². The monoisotopic (exact) mass is 265 g/mol. The third kappa shape index (κ3) is 5.90. The van der Waals surface area contributed by atoms with E-state index in [2.05, 4.69) is 10.3 Å². The van der Waals surface area contributed by atoms with Gasteiger partial charge in [0.25, 0.3) is 0 Å². The number of carbonyl (C=O) groups excluding carboxylic acids is 1. The summed E-state index contributed by atoms with van der Waals surface area (Å²) in [5, 5.41) is 2.83. The van der Waals surface area contributed by atoms with Crippen LogP contribution in [0.1, 0.15) is 59.8 Å². The minimum absolute atomic E-state index is 0.0292. The Morgan fingerprint density at radius 2 is 1.95 bits per heavy atom. The Morgan fingerprint density at radius 1 is 1.37 bits per heavy atom. The summed E-state index contributed by atoms with van der Waals surface area (Å²) in [4.78, 5) is 16.1. The van der Waals surface area contributed by atoms with E-state index < -0.39 is 0 Å². The van der Waals surface area contributed by atoms with Gasteiger partial charge in [-0.15, -0.1) is 0 Å². The van der Waals surface area contributed by atoms with Crippen LogP contribution in [0.4, 0.5) is 0 Å². The number of rotatable bonds is 3. The van der Waals surface area contributed by atoms with Crippen LogP contribution < -0.4 is 11.1 Å². The van der Waals surface area contributed by atoms with Gasteiger partial charge in [0.05, 0.1) is 5.54 Å². The maximum absolute atomic E-state index is 11.5. The van der Waals surface area contributed by atoms with Crippen molar-refractivity contribution < 1.29 is 4.79 Å². The smallest absolute Gasteiger partial charge is 0.225 e. The molecule has 1 rings (SSSR count). The van der Waals surface area contributed by atoms with Crippen LogP contribution in [0.5, 0.6) is 0 Å². The van der Waals surface area contributed by atoms with Gasteiger partial charge in [0.1, 0.15) is 5.84 Å². The van der Waals surface area contributed by atoms with Crippen molar-refractivity contribution in [2.45, 2.75) is 65.3 Å². The first-order valence-electron chi connectivity index (χ1n) is 7.18. The molecule has 0 bridgehead atoms. The SMILES string of the molecule is CCC(=O)NC(/C=C(\N)C1CCCC1)=NC(C)(C)C. The minimum atomic E-state index is -0.233. The molecule has 108 valence electrons. The fourth-order valence-corrected chi connectivity index (χ4v) is 2.22. The lowest BCUT2D eigenvalue weighted by molar-refractivity contribution is -0.119. The average Bonchev–Trinajstić information content (AvgIpc) is 2.79. The molecule has 0 aliphatic heterocycles. The Balaban J connectivity index is 2.86. The Hall–Kier alpha value is -1.32. The highest BCUT2D eigenvalue weighted by Gasteiger charge is 2.18. The Kier molecular flexibility index (Phi) is 5.58. The summed E-state index contributed by atoms with van der Waals surface area (Å²) < 4.78 is 0. The van der Waals surface area contributed by atoms with Crippen molar-refractivity contribution in [3.05, 3.63) is 11.8 Å². The quantitative estimate of drug-likeness (QED) is 0.608. The number of hydrogen-bond acceptors (Lipinski definition) is 3. The van der Waals surface area contributed by atoms with Gasteiger partial charge in [0.2, 0.25) is 5.91 Å². The summed E-state index contributed by atoms with van der Waals surface area (Å²) in [5.41, 5.74) is 6.76. The molecule has 0 heterocycles. The van der Waals surface area contributed by atoms with Crippen LogP contribution in [0.2, 0.25) is 0 Å². The summed E-state index contributed by atoms with van der Waals surface area (Å²) in [6.45, 7) is 7.84. The molecule has 4 nitrogen and oxygen atoms in total. The molecular weight excluding hydrogens is 238 g/mol. The zero-order valence-electron chi connectivity index (χ0n) is 12.6. The van der Waals surface area contributed by atoms with Crippen LogP contribution in [0.3, 0.4) is 0 Å². The summed E-state index contributed by atoms with van der Waals surface area (Å²) in [6, 6.07) is 0. The summed E-state index contributed by atoms with van der Waals surface area (Å²) in [6.07, 6.45) is 7.06. The highest BCUT2D eigenvalue weighted by atomic mass is 16.1. The van der Waals surface area contributed by atoms with Crippen LogP contribution in [0.25, 0.3) is 0 Å². The number of nitrogens with one attached hydrogen (secondary N) is 1. The average molecular weight is 265 g/mol. The van der Waals surface area contributed by atoms with Gasteiger partial charge < -0.3 is 11.1 Å². The lowest BCUT2D eigenvalue weighted by Gasteiger charge is -2.16. The highest BCUT2D eigenvalue weighted by Crippen LogP contribution is 2.28. The van der Waals surface area contributed by atoms with Gasteiger partial charge in [-0.05, 0) is 45.6 Å². The molecule has 1 amide bonds. The van der Waals surface area contributed by atoms with E-state index in [1.165, 1.54) is 12.8 Å². The second-order valence-electron chi connectivity index (χ2n) is 6.20. The van der Waals surface area contributed by atoms with Crippen molar-refractivity contribution in [1.29, 1.82) is 0 Å². The van der Waals surface area contributed by atoms with Gasteiger partial charge in [-0.25, -0.2) is 0 Å². The lowest BCUT2D eigenvalue weighted by atomic mass is 10.0. The third-order valence-corrected chi connectivity index (χ3v) is 3.17. The molecule has 4 heteroatoms. The van der Waals surface area contributed by atoms with E-state index in [1.807, 2.05) is 33.8 Å². The Bertz CT molecular complexity index is 371. The molecule has 0 unspecified atom stereocenters. The molecule has 1 aliphatic carbocycles. The van der Waals surface area contributed by atoms with E-state index >= 15 is 0 Å². The molecule has 0 aromatic carbocycles. The van der Waals surface area contributed by atoms with E-state index in [4.69, 9.17) is 5.73 Å². The van der Waals surface area contributed by atoms with Gasteiger partial charge in [0.15, 0.2) is 0 Å². The predicted octanol–water partition coefficient (Wildman–Crippen LogP) is 2.74. The maximum Gasteiger partial charge on any atom is 0.225 e. The molecule has 19 heavy (non-hydrogen) atoms. The number of carbonyl (C=O) groups is 1. The van der Waals surface area contributed by atoms with Gasteiger partial charge >= 0.3 is 0 Å². The summed E-state index contributed by atoms with van der Waals surface area (Å²) >= 11 is 0. The number of nitrogens with zero attached hydrogens (tertiary/aromatic N) is 1. The Morgan fingerprint density at radius 3 is 2.42 bits per heavy atom. The second kappa shape index (κ2) is 6.73. The third-order valence-electron chi connectivity index (χ3n) is 3.17. The zero-order valence-corrected chi connectivity index (χ0v) is 12.6. The molecule has 1 aliphatic rings. The molecule has 3 N–H and O–H groups in total. The Labute approximate surface area is 116 Å². The minimum Gasteiger partial charge on any atom is -0.402 e. The molecular formula is C15H27N3O. The molecule has 0 radical (unpaired) electrons. The first kappa shape index (κ1) is 15.7. The number of amides is 1. The van der Waals surface area contributed by atoms with Gasteiger partial charge in [-0.3, -0.25) is 9.79 Å². The fourth-order valence-electron chi connectivity index (χ4n) is 2.22.